The Hall–Kier alpha value is -1.39. The van der Waals surface area contributed by atoms with E-state index in [-0.39, 0.29) is 12.5 Å². The topological polar surface area (TPSA) is 69.6 Å². The smallest absolute Gasteiger partial charge is 0.220 e. The second kappa shape index (κ2) is 23.3. The molecule has 1 amide bonds. The molecule has 2 atom stereocenters. The van der Waals surface area contributed by atoms with Gasteiger partial charge in [0.1, 0.15) is 0 Å². The maximum atomic E-state index is 12.1. The monoisotopic (exact) mass is 435 g/mol. The molecule has 0 aromatic carbocycles. The highest BCUT2D eigenvalue weighted by atomic mass is 16.3. The van der Waals surface area contributed by atoms with Crippen molar-refractivity contribution in [1.29, 1.82) is 0 Å². The van der Waals surface area contributed by atoms with Gasteiger partial charge in [-0.25, -0.2) is 0 Å². The molecule has 0 rings (SSSR count). The van der Waals surface area contributed by atoms with Crippen molar-refractivity contribution < 1.29 is 15.0 Å². The molecule has 4 heteroatoms. The Bertz CT molecular complexity index is 485. The molecule has 3 N–H and O–H groups in total. The third-order valence-electron chi connectivity index (χ3n) is 5.35. The van der Waals surface area contributed by atoms with Gasteiger partial charge in [0.05, 0.1) is 18.8 Å². The molecule has 0 heterocycles. The van der Waals surface area contributed by atoms with E-state index in [2.05, 4.69) is 43.5 Å². The molecule has 0 aliphatic heterocycles. The number of nitrogens with one attached hydrogen (secondary N) is 1. The summed E-state index contributed by atoms with van der Waals surface area (Å²) < 4.78 is 0. The lowest BCUT2D eigenvalue weighted by atomic mass is 10.1. The first-order chi connectivity index (χ1) is 15.2. The van der Waals surface area contributed by atoms with Crippen molar-refractivity contribution >= 4 is 5.91 Å². The lowest BCUT2D eigenvalue weighted by molar-refractivity contribution is -0.123. The van der Waals surface area contributed by atoms with Gasteiger partial charge in [-0.15, -0.1) is 0 Å². The number of carbonyl (C=O) groups is 1. The highest BCUT2D eigenvalue weighted by molar-refractivity contribution is 5.76. The lowest BCUT2D eigenvalue weighted by Gasteiger charge is -2.19. The van der Waals surface area contributed by atoms with E-state index >= 15 is 0 Å². The Morgan fingerprint density at radius 3 is 1.87 bits per heavy atom. The van der Waals surface area contributed by atoms with Crippen LogP contribution >= 0.6 is 0 Å². The van der Waals surface area contributed by atoms with E-state index in [0.717, 1.165) is 44.9 Å². The van der Waals surface area contributed by atoms with Crippen LogP contribution in [0.1, 0.15) is 110 Å². The van der Waals surface area contributed by atoms with Gasteiger partial charge in [-0.3, -0.25) is 4.79 Å². The maximum Gasteiger partial charge on any atom is 0.220 e. The Balaban J connectivity index is 3.82. The molecule has 0 saturated heterocycles. The van der Waals surface area contributed by atoms with E-state index in [9.17, 15) is 15.0 Å². The minimum atomic E-state index is -0.858. The highest BCUT2D eigenvalue weighted by Crippen LogP contribution is 2.09. The zero-order valence-electron chi connectivity index (χ0n) is 20.2. The fourth-order valence-electron chi connectivity index (χ4n) is 3.27. The van der Waals surface area contributed by atoms with Gasteiger partial charge in [0.2, 0.25) is 5.91 Å². The third-order valence-corrected chi connectivity index (χ3v) is 5.35. The quantitative estimate of drug-likeness (QED) is 0.145. The SMILES string of the molecule is CCCC/C=C\CCCCCCCC(=O)NC(CO)C(O)/C=C/CC/C=C/CCCC. The Labute approximate surface area is 191 Å². The van der Waals surface area contributed by atoms with Crippen LogP contribution in [-0.4, -0.2) is 34.9 Å². The zero-order chi connectivity index (χ0) is 23.0. The molecule has 4 nitrogen and oxygen atoms in total. The number of amides is 1. The standard InChI is InChI=1S/C27H49NO3/c1-3-5-7-9-11-13-14-15-17-19-21-23-27(31)28-25(24-29)26(30)22-20-18-16-12-10-8-6-4-2/h9-12,20,22,25-26,29-30H,3-8,13-19,21,23-24H2,1-2H3,(H,28,31)/b11-9-,12-10+,22-20+. The summed E-state index contributed by atoms with van der Waals surface area (Å²) in [4.78, 5) is 12.1. The van der Waals surface area contributed by atoms with Crippen molar-refractivity contribution in [3.8, 4) is 0 Å². The van der Waals surface area contributed by atoms with Gasteiger partial charge in [0, 0.05) is 6.42 Å². The Kier molecular flexibility index (Phi) is 22.2. The minimum Gasteiger partial charge on any atom is -0.394 e. The van der Waals surface area contributed by atoms with Crippen molar-refractivity contribution in [2.45, 2.75) is 122 Å². The van der Waals surface area contributed by atoms with Crippen LogP contribution in [0.5, 0.6) is 0 Å². The van der Waals surface area contributed by atoms with Crippen molar-refractivity contribution in [2.75, 3.05) is 6.61 Å². The molecule has 0 aliphatic carbocycles. The minimum absolute atomic E-state index is 0.0933. The van der Waals surface area contributed by atoms with Crippen LogP contribution in [0.15, 0.2) is 36.5 Å². The molecule has 0 radical (unpaired) electrons. The molecule has 180 valence electrons. The molecule has 0 aliphatic rings. The van der Waals surface area contributed by atoms with Crippen LogP contribution in [0.3, 0.4) is 0 Å². The van der Waals surface area contributed by atoms with Crippen LogP contribution in [0.4, 0.5) is 0 Å². The van der Waals surface area contributed by atoms with Crippen molar-refractivity contribution in [2.24, 2.45) is 0 Å². The average molecular weight is 436 g/mol. The van der Waals surface area contributed by atoms with E-state index in [1.54, 1.807) is 6.08 Å². The fraction of sp³-hybridized carbons (Fsp3) is 0.741. The van der Waals surface area contributed by atoms with Crippen LogP contribution < -0.4 is 5.32 Å². The Morgan fingerprint density at radius 1 is 0.742 bits per heavy atom. The number of hydrogen-bond donors (Lipinski definition) is 3. The highest BCUT2D eigenvalue weighted by Gasteiger charge is 2.17. The van der Waals surface area contributed by atoms with Gasteiger partial charge < -0.3 is 15.5 Å². The zero-order valence-corrected chi connectivity index (χ0v) is 20.2. The number of allylic oxidation sites excluding steroid dienone is 5. The van der Waals surface area contributed by atoms with Crippen LogP contribution in [-0.2, 0) is 4.79 Å². The molecule has 0 saturated carbocycles. The molecule has 2 unspecified atom stereocenters. The van der Waals surface area contributed by atoms with E-state index in [1.165, 1.54) is 44.9 Å². The van der Waals surface area contributed by atoms with Crippen molar-refractivity contribution in [1.82, 2.24) is 5.32 Å². The molecular weight excluding hydrogens is 386 g/mol. The molecule has 0 spiro atoms. The van der Waals surface area contributed by atoms with E-state index in [1.807, 2.05) is 6.08 Å². The summed E-state index contributed by atoms with van der Waals surface area (Å²) >= 11 is 0. The van der Waals surface area contributed by atoms with E-state index in [0.29, 0.717) is 6.42 Å². The van der Waals surface area contributed by atoms with Crippen molar-refractivity contribution in [3.05, 3.63) is 36.5 Å². The first-order valence-corrected chi connectivity index (χ1v) is 12.7. The van der Waals surface area contributed by atoms with Gasteiger partial charge in [-0.1, -0.05) is 95.2 Å². The van der Waals surface area contributed by atoms with Crippen LogP contribution in [0, 0.1) is 0 Å². The van der Waals surface area contributed by atoms with Gasteiger partial charge in [0.15, 0.2) is 0 Å². The molecule has 0 bridgehead atoms. The lowest BCUT2D eigenvalue weighted by Crippen LogP contribution is -2.45. The summed E-state index contributed by atoms with van der Waals surface area (Å²) in [5, 5.41) is 22.5. The first-order valence-electron chi connectivity index (χ1n) is 12.7. The van der Waals surface area contributed by atoms with Crippen molar-refractivity contribution in [3.63, 3.8) is 0 Å². The van der Waals surface area contributed by atoms with Crippen LogP contribution in [0.25, 0.3) is 0 Å². The number of unbranched alkanes of at least 4 members (excludes halogenated alkanes) is 10. The average Bonchev–Trinajstić information content (AvgIpc) is 2.77. The van der Waals surface area contributed by atoms with Gasteiger partial charge in [0.25, 0.3) is 0 Å². The van der Waals surface area contributed by atoms with Gasteiger partial charge >= 0.3 is 0 Å². The second-order valence-electron chi connectivity index (χ2n) is 8.39. The second-order valence-corrected chi connectivity index (χ2v) is 8.39. The van der Waals surface area contributed by atoms with E-state index < -0.39 is 12.1 Å². The van der Waals surface area contributed by atoms with Gasteiger partial charge in [-0.05, 0) is 44.9 Å². The molecule has 31 heavy (non-hydrogen) atoms. The number of rotatable bonds is 21. The maximum absolute atomic E-state index is 12.1. The summed E-state index contributed by atoms with van der Waals surface area (Å²) in [6.07, 6.45) is 27.9. The predicted octanol–water partition coefficient (Wildman–Crippen LogP) is 6.38. The van der Waals surface area contributed by atoms with Gasteiger partial charge in [-0.2, -0.15) is 0 Å². The molecule has 0 fully saturated rings. The number of aliphatic hydroxyl groups excluding tert-OH is 2. The largest absolute Gasteiger partial charge is 0.394 e. The summed E-state index contributed by atoms with van der Waals surface area (Å²) in [5.74, 6) is -0.0933. The molecular formula is C27H49NO3. The van der Waals surface area contributed by atoms with E-state index in [4.69, 9.17) is 0 Å². The Morgan fingerprint density at radius 2 is 1.26 bits per heavy atom. The fourth-order valence-corrected chi connectivity index (χ4v) is 3.27. The summed E-state index contributed by atoms with van der Waals surface area (Å²) in [5.41, 5.74) is 0. The number of carbonyl (C=O) groups excluding carboxylic acids is 1. The third kappa shape index (κ3) is 20.3. The normalized spacial score (nSPS) is 14.1. The number of aliphatic hydroxyl groups is 2. The summed E-state index contributed by atoms with van der Waals surface area (Å²) in [6.45, 7) is 4.14. The summed E-state index contributed by atoms with van der Waals surface area (Å²) in [6, 6.07) is -0.636. The predicted molar refractivity (Wildman–Crippen MR) is 133 cm³/mol. The van der Waals surface area contributed by atoms with Crippen LogP contribution in [0.2, 0.25) is 0 Å². The molecule has 0 aromatic heterocycles. The first kappa shape index (κ1) is 29.6. The molecule has 0 aromatic rings. The summed E-state index contributed by atoms with van der Waals surface area (Å²) in [7, 11) is 0. The number of hydrogen-bond acceptors (Lipinski definition) is 3.